The molecule has 0 spiro atoms. The molecule has 16 heavy (non-hydrogen) atoms. The summed E-state index contributed by atoms with van der Waals surface area (Å²) in [7, 11) is 1.59. The summed E-state index contributed by atoms with van der Waals surface area (Å²) in [6.07, 6.45) is 1.75. The Morgan fingerprint density at radius 3 is 2.62 bits per heavy atom. The minimum Gasteiger partial charge on any atom is -0.480 e. The molecule has 2 heterocycles. The van der Waals surface area contributed by atoms with Crippen molar-refractivity contribution >= 4 is 15.9 Å². The Labute approximate surface area is 102 Å². The van der Waals surface area contributed by atoms with Crippen LogP contribution in [0.3, 0.4) is 0 Å². The second-order valence-corrected chi connectivity index (χ2v) is 4.27. The fraction of sp³-hybridized carbons (Fsp3) is 0.273. The number of aryl methyl sites for hydroxylation is 2. The van der Waals surface area contributed by atoms with Crippen molar-refractivity contribution in [2.45, 2.75) is 13.8 Å². The molecule has 4 nitrogen and oxygen atoms in total. The predicted octanol–water partition coefficient (Wildman–Crippen LogP) is 3.12. The number of nitrogens with zero attached hydrogens (tertiary/aromatic N) is 2. The summed E-state index contributed by atoms with van der Waals surface area (Å²) in [4.78, 5) is 4.20. The molecule has 0 fully saturated rings. The van der Waals surface area contributed by atoms with Crippen LogP contribution in [0.25, 0.3) is 11.1 Å². The van der Waals surface area contributed by atoms with Gasteiger partial charge in [-0.1, -0.05) is 5.16 Å². The molecule has 0 unspecified atom stereocenters. The Balaban J connectivity index is 2.53. The molecule has 0 atom stereocenters. The fourth-order valence-corrected chi connectivity index (χ4v) is 2.12. The van der Waals surface area contributed by atoms with Gasteiger partial charge >= 0.3 is 0 Å². The maximum Gasteiger partial charge on any atom is 0.227 e. The molecule has 2 aromatic rings. The van der Waals surface area contributed by atoms with Gasteiger partial charge in [-0.05, 0) is 35.8 Å². The third kappa shape index (κ3) is 1.82. The highest BCUT2D eigenvalue weighted by Crippen LogP contribution is 2.31. The number of hydrogen-bond donors (Lipinski definition) is 0. The van der Waals surface area contributed by atoms with Crippen LogP contribution in [0.5, 0.6) is 5.88 Å². The quantitative estimate of drug-likeness (QED) is 0.849. The SMILES string of the molecule is COc1ncc(-c2c(C)noc2C)cc1Br. The van der Waals surface area contributed by atoms with E-state index in [0.29, 0.717) is 5.88 Å². The number of hydrogen-bond acceptors (Lipinski definition) is 4. The van der Waals surface area contributed by atoms with Gasteiger partial charge < -0.3 is 9.26 Å². The van der Waals surface area contributed by atoms with Crippen molar-refractivity contribution in [3.63, 3.8) is 0 Å². The molecular weight excluding hydrogens is 272 g/mol. The normalized spacial score (nSPS) is 10.5. The number of pyridine rings is 1. The molecule has 0 aliphatic rings. The zero-order valence-corrected chi connectivity index (χ0v) is 10.8. The molecule has 2 aromatic heterocycles. The molecule has 0 N–H and O–H groups in total. The zero-order chi connectivity index (χ0) is 11.7. The molecule has 84 valence electrons. The van der Waals surface area contributed by atoms with Crippen molar-refractivity contribution in [3.05, 3.63) is 28.2 Å². The molecule has 0 aliphatic heterocycles. The lowest BCUT2D eigenvalue weighted by Gasteiger charge is -2.04. The van der Waals surface area contributed by atoms with E-state index in [9.17, 15) is 0 Å². The number of methoxy groups -OCH3 is 1. The Morgan fingerprint density at radius 2 is 2.12 bits per heavy atom. The summed E-state index contributed by atoms with van der Waals surface area (Å²) in [5.41, 5.74) is 2.80. The number of halogens is 1. The third-order valence-corrected chi connectivity index (χ3v) is 2.89. The minimum absolute atomic E-state index is 0.565. The van der Waals surface area contributed by atoms with Gasteiger partial charge in [-0.25, -0.2) is 4.98 Å². The molecule has 5 heteroatoms. The summed E-state index contributed by atoms with van der Waals surface area (Å²) in [5.74, 6) is 1.35. The smallest absolute Gasteiger partial charge is 0.227 e. The first-order valence-corrected chi connectivity index (χ1v) is 5.55. The molecule has 0 amide bonds. The largest absolute Gasteiger partial charge is 0.480 e. The first-order valence-electron chi connectivity index (χ1n) is 4.76. The van der Waals surface area contributed by atoms with Gasteiger partial charge in [0, 0.05) is 17.3 Å². The van der Waals surface area contributed by atoms with Crippen LogP contribution in [0, 0.1) is 13.8 Å². The summed E-state index contributed by atoms with van der Waals surface area (Å²) in [6, 6.07) is 1.94. The van der Waals surface area contributed by atoms with Gasteiger partial charge in [0.05, 0.1) is 17.3 Å². The van der Waals surface area contributed by atoms with E-state index in [-0.39, 0.29) is 0 Å². The second-order valence-electron chi connectivity index (χ2n) is 3.41. The highest BCUT2D eigenvalue weighted by Gasteiger charge is 2.13. The molecule has 0 radical (unpaired) electrons. The van der Waals surface area contributed by atoms with E-state index in [1.807, 2.05) is 19.9 Å². The molecule has 0 aromatic carbocycles. The third-order valence-electron chi connectivity index (χ3n) is 2.32. The van der Waals surface area contributed by atoms with Gasteiger partial charge in [-0.15, -0.1) is 0 Å². The standard InChI is InChI=1S/C11H11BrN2O2/c1-6-10(7(2)16-14-6)8-4-9(12)11(15-3)13-5-8/h4-5H,1-3H3. The van der Waals surface area contributed by atoms with Gasteiger partial charge in [0.25, 0.3) is 0 Å². The lowest BCUT2D eigenvalue weighted by molar-refractivity contribution is 0.393. The average Bonchev–Trinajstić information content (AvgIpc) is 2.58. The number of ether oxygens (including phenoxy) is 1. The highest BCUT2D eigenvalue weighted by molar-refractivity contribution is 9.10. The first kappa shape index (κ1) is 11.1. The van der Waals surface area contributed by atoms with Crippen molar-refractivity contribution in [3.8, 4) is 17.0 Å². The van der Waals surface area contributed by atoms with E-state index >= 15 is 0 Å². The van der Waals surface area contributed by atoms with Crippen LogP contribution in [0.2, 0.25) is 0 Å². The monoisotopic (exact) mass is 282 g/mol. The maximum atomic E-state index is 5.12. The number of aromatic nitrogens is 2. The van der Waals surface area contributed by atoms with E-state index in [1.54, 1.807) is 13.3 Å². The average molecular weight is 283 g/mol. The van der Waals surface area contributed by atoms with Crippen LogP contribution >= 0.6 is 15.9 Å². The summed E-state index contributed by atoms with van der Waals surface area (Å²) in [6.45, 7) is 3.79. The van der Waals surface area contributed by atoms with Gasteiger partial charge in [0.2, 0.25) is 5.88 Å². The highest BCUT2D eigenvalue weighted by atomic mass is 79.9. The summed E-state index contributed by atoms with van der Waals surface area (Å²) < 4.78 is 11.0. The first-order chi connectivity index (χ1) is 7.63. The fourth-order valence-electron chi connectivity index (χ4n) is 1.61. The Kier molecular flexibility index (Phi) is 2.96. The van der Waals surface area contributed by atoms with Crippen LogP contribution in [0.1, 0.15) is 11.5 Å². The maximum absolute atomic E-state index is 5.12. The van der Waals surface area contributed by atoms with Crippen LogP contribution in [0.15, 0.2) is 21.3 Å². The Bertz CT molecular complexity index is 503. The van der Waals surface area contributed by atoms with E-state index in [1.165, 1.54) is 0 Å². The molecule has 0 bridgehead atoms. The van der Waals surface area contributed by atoms with E-state index in [4.69, 9.17) is 9.26 Å². The van der Waals surface area contributed by atoms with Crippen molar-refractivity contribution in [1.29, 1.82) is 0 Å². The summed E-state index contributed by atoms with van der Waals surface area (Å²) in [5, 5.41) is 3.92. The van der Waals surface area contributed by atoms with Gasteiger partial charge in [-0.2, -0.15) is 0 Å². The molecule has 0 saturated carbocycles. The van der Waals surface area contributed by atoms with Crippen molar-refractivity contribution in [2.24, 2.45) is 0 Å². The van der Waals surface area contributed by atoms with Crippen LogP contribution in [-0.2, 0) is 0 Å². The van der Waals surface area contributed by atoms with E-state index in [0.717, 1.165) is 27.1 Å². The minimum atomic E-state index is 0.565. The lowest BCUT2D eigenvalue weighted by Crippen LogP contribution is -1.90. The summed E-state index contributed by atoms with van der Waals surface area (Å²) >= 11 is 3.40. The lowest BCUT2D eigenvalue weighted by atomic mass is 10.1. The van der Waals surface area contributed by atoms with Gasteiger partial charge in [0.15, 0.2) is 0 Å². The van der Waals surface area contributed by atoms with E-state index < -0.39 is 0 Å². The van der Waals surface area contributed by atoms with Gasteiger partial charge in [-0.3, -0.25) is 0 Å². The van der Waals surface area contributed by atoms with Gasteiger partial charge in [0.1, 0.15) is 5.76 Å². The second kappa shape index (κ2) is 4.25. The molecular formula is C11H11BrN2O2. The predicted molar refractivity (Wildman–Crippen MR) is 63.5 cm³/mol. The van der Waals surface area contributed by atoms with Crippen LogP contribution < -0.4 is 4.74 Å². The zero-order valence-electron chi connectivity index (χ0n) is 9.24. The van der Waals surface area contributed by atoms with Crippen LogP contribution in [-0.4, -0.2) is 17.3 Å². The number of rotatable bonds is 2. The van der Waals surface area contributed by atoms with Crippen LogP contribution in [0.4, 0.5) is 0 Å². The molecule has 2 rings (SSSR count). The Morgan fingerprint density at radius 1 is 1.38 bits per heavy atom. The Hall–Kier alpha value is -1.36. The van der Waals surface area contributed by atoms with Crippen molar-refractivity contribution in [2.75, 3.05) is 7.11 Å². The molecule has 0 aliphatic carbocycles. The van der Waals surface area contributed by atoms with Crippen molar-refractivity contribution < 1.29 is 9.26 Å². The van der Waals surface area contributed by atoms with Crippen molar-refractivity contribution in [1.82, 2.24) is 10.1 Å². The van der Waals surface area contributed by atoms with E-state index in [2.05, 4.69) is 26.1 Å². The molecule has 0 saturated heterocycles. The topological polar surface area (TPSA) is 48.2 Å².